The highest BCUT2D eigenvalue weighted by Crippen LogP contribution is 2.26. The first-order chi connectivity index (χ1) is 30.1. The van der Waals surface area contributed by atoms with Gasteiger partial charge in [0.1, 0.15) is 30.5 Å². The zero-order valence-electron chi connectivity index (χ0n) is 38.2. The zero-order valence-corrected chi connectivity index (χ0v) is 39.0. The van der Waals surface area contributed by atoms with Crippen LogP contribution >= 0.6 is 0 Å². The highest BCUT2D eigenvalue weighted by molar-refractivity contribution is 7.80. The number of aliphatic hydroxyl groups is 3. The summed E-state index contributed by atoms with van der Waals surface area (Å²) < 4.78 is 59.0. The van der Waals surface area contributed by atoms with E-state index in [4.69, 9.17) is 23.5 Å². The maximum atomic E-state index is 12.8. The van der Waals surface area contributed by atoms with Crippen LogP contribution in [0.5, 0.6) is 0 Å². The minimum atomic E-state index is -5.06. The number of unbranched alkanes of at least 4 members (excludes halogenated alkanes) is 15. The van der Waals surface area contributed by atoms with Gasteiger partial charge in [-0.2, -0.15) is 8.42 Å². The number of carbonyl (C=O) groups is 1. The third-order valence-electron chi connectivity index (χ3n) is 10.3. The molecule has 358 valence electrons. The lowest BCUT2D eigenvalue weighted by atomic mass is 9.99. The van der Waals surface area contributed by atoms with Crippen LogP contribution in [0.4, 0.5) is 0 Å². The molecule has 0 aromatic heterocycles. The lowest BCUT2D eigenvalue weighted by Gasteiger charge is -2.41. The Balaban J connectivity index is 2.32. The summed E-state index contributed by atoms with van der Waals surface area (Å²) in [6.07, 6.45) is 42.4. The SMILES string of the molecule is CC/C=C\C/C=C\C/C=C\C/C=C\C/C=C\C/C=C\CCCCCCCCCOCC(COC1OC(CO)C(O)C(OS(=O)(=O)O)C1O)OC(=O)CCCCCCCCCCC. The van der Waals surface area contributed by atoms with Crippen molar-refractivity contribution in [1.29, 1.82) is 0 Å². The molecule has 1 saturated heterocycles. The van der Waals surface area contributed by atoms with Crippen LogP contribution in [0.2, 0.25) is 0 Å². The number of carbonyl (C=O) groups excluding carboxylic acids is 1. The molecule has 0 aromatic carbocycles. The van der Waals surface area contributed by atoms with Crippen LogP contribution in [-0.2, 0) is 38.3 Å². The molecule has 0 bridgehead atoms. The molecule has 0 spiro atoms. The van der Waals surface area contributed by atoms with Crippen LogP contribution in [0.3, 0.4) is 0 Å². The highest BCUT2D eigenvalue weighted by atomic mass is 32.3. The second-order valence-corrected chi connectivity index (χ2v) is 17.0. The van der Waals surface area contributed by atoms with E-state index >= 15 is 0 Å². The van der Waals surface area contributed by atoms with E-state index in [2.05, 4.69) is 90.9 Å². The second kappa shape index (κ2) is 40.1. The average Bonchev–Trinajstić information content (AvgIpc) is 3.24. The van der Waals surface area contributed by atoms with Gasteiger partial charge in [-0.05, 0) is 64.2 Å². The topological polar surface area (TPSA) is 178 Å². The molecule has 62 heavy (non-hydrogen) atoms. The molecule has 13 heteroatoms. The van der Waals surface area contributed by atoms with E-state index in [-0.39, 0.29) is 19.6 Å². The number of hydrogen-bond acceptors (Lipinski definition) is 11. The van der Waals surface area contributed by atoms with Crippen LogP contribution in [0.25, 0.3) is 0 Å². The Morgan fingerprint density at radius 1 is 0.629 bits per heavy atom. The Bertz CT molecular complexity index is 1360. The Hall–Kier alpha value is -2.46. The van der Waals surface area contributed by atoms with Crippen LogP contribution in [-0.4, -0.2) is 97.5 Å². The zero-order chi connectivity index (χ0) is 45.4. The highest BCUT2D eigenvalue weighted by Gasteiger charge is 2.48. The first kappa shape index (κ1) is 57.6. The van der Waals surface area contributed by atoms with Gasteiger partial charge in [0.25, 0.3) is 0 Å². The van der Waals surface area contributed by atoms with Crippen molar-refractivity contribution in [3.63, 3.8) is 0 Å². The van der Waals surface area contributed by atoms with E-state index in [1.807, 2.05) is 0 Å². The van der Waals surface area contributed by atoms with Crippen molar-refractivity contribution in [2.75, 3.05) is 26.4 Å². The number of hydrogen-bond donors (Lipinski definition) is 4. The molecule has 1 aliphatic rings. The molecule has 0 amide bonds. The van der Waals surface area contributed by atoms with E-state index < -0.39 is 59.8 Å². The fourth-order valence-electron chi connectivity index (χ4n) is 6.79. The average molecular weight is 897 g/mol. The van der Waals surface area contributed by atoms with Crippen molar-refractivity contribution in [2.24, 2.45) is 0 Å². The molecule has 0 aromatic rings. The number of aliphatic hydroxyl groups excluding tert-OH is 3. The van der Waals surface area contributed by atoms with E-state index in [0.29, 0.717) is 13.0 Å². The normalized spacial score (nSPS) is 20.6. The van der Waals surface area contributed by atoms with Crippen LogP contribution < -0.4 is 0 Å². The Morgan fingerprint density at radius 2 is 1.11 bits per heavy atom. The summed E-state index contributed by atoms with van der Waals surface area (Å²) in [7, 11) is -5.06. The van der Waals surface area contributed by atoms with Gasteiger partial charge in [0.2, 0.25) is 0 Å². The van der Waals surface area contributed by atoms with E-state index in [1.165, 1.54) is 51.4 Å². The summed E-state index contributed by atoms with van der Waals surface area (Å²) in [4.78, 5) is 12.8. The van der Waals surface area contributed by atoms with Crippen LogP contribution in [0.1, 0.15) is 168 Å². The van der Waals surface area contributed by atoms with Gasteiger partial charge >= 0.3 is 16.4 Å². The standard InChI is InChI=1S/C49H84O12S/c1-3-5-7-9-11-13-14-15-16-17-18-19-20-21-22-23-24-25-26-27-28-29-31-33-35-37-39-57-41-43(59-45(51)38-36-34-32-30-12-10-8-6-4-2)42-58-49-47(53)48(61-62(54,55)56)46(52)44(40-50)60-49/h5,7,11,13,15-16,18-19,21-22,24-25,43-44,46-50,52-53H,3-4,6,8-10,12,14,17,20,23,26-42H2,1-2H3,(H,54,55,56)/b7-5-,13-11-,16-15-,19-18-,22-21-,25-24-. The minimum absolute atomic E-state index is 0.0257. The van der Waals surface area contributed by atoms with Crippen molar-refractivity contribution in [1.82, 2.24) is 0 Å². The Kier molecular flexibility index (Phi) is 37.2. The predicted molar refractivity (Wildman–Crippen MR) is 248 cm³/mol. The van der Waals surface area contributed by atoms with Gasteiger partial charge in [0, 0.05) is 13.0 Å². The van der Waals surface area contributed by atoms with Gasteiger partial charge in [0.15, 0.2) is 6.29 Å². The summed E-state index contributed by atoms with van der Waals surface area (Å²) in [6.45, 7) is 3.81. The lowest BCUT2D eigenvalue weighted by Crippen LogP contribution is -2.60. The van der Waals surface area contributed by atoms with Gasteiger partial charge in [0.05, 0.1) is 19.8 Å². The van der Waals surface area contributed by atoms with Gasteiger partial charge < -0.3 is 34.3 Å². The quantitative estimate of drug-likeness (QED) is 0.0198. The molecule has 6 atom stereocenters. The van der Waals surface area contributed by atoms with Crippen molar-refractivity contribution in [3.8, 4) is 0 Å². The summed E-state index contributed by atoms with van der Waals surface area (Å²) in [5.41, 5.74) is 0. The monoisotopic (exact) mass is 897 g/mol. The molecular formula is C49H84O12S. The molecule has 0 radical (unpaired) electrons. The van der Waals surface area contributed by atoms with Crippen molar-refractivity contribution in [2.45, 2.75) is 205 Å². The van der Waals surface area contributed by atoms with Crippen molar-refractivity contribution < 1.29 is 56.2 Å². The minimum Gasteiger partial charge on any atom is -0.457 e. The van der Waals surface area contributed by atoms with E-state index in [1.54, 1.807) is 0 Å². The molecule has 1 heterocycles. The molecule has 0 saturated carbocycles. The number of allylic oxidation sites excluding steroid dienone is 12. The maximum Gasteiger partial charge on any atom is 0.397 e. The first-order valence-corrected chi connectivity index (χ1v) is 25.1. The molecule has 0 aliphatic carbocycles. The molecule has 1 fully saturated rings. The number of rotatable bonds is 40. The lowest BCUT2D eigenvalue weighted by molar-refractivity contribution is -0.301. The van der Waals surface area contributed by atoms with E-state index in [9.17, 15) is 28.5 Å². The van der Waals surface area contributed by atoms with Crippen LogP contribution in [0.15, 0.2) is 72.9 Å². The third-order valence-corrected chi connectivity index (χ3v) is 10.8. The van der Waals surface area contributed by atoms with Gasteiger partial charge in [-0.25, -0.2) is 4.18 Å². The smallest absolute Gasteiger partial charge is 0.397 e. The Labute approximate surface area is 375 Å². The maximum absolute atomic E-state index is 12.8. The second-order valence-electron chi connectivity index (χ2n) is 16.0. The Morgan fingerprint density at radius 3 is 1.63 bits per heavy atom. The molecule has 1 rings (SSSR count). The number of ether oxygens (including phenoxy) is 4. The molecule has 4 N–H and O–H groups in total. The fraction of sp³-hybridized carbons (Fsp3) is 0.735. The van der Waals surface area contributed by atoms with Crippen molar-refractivity contribution in [3.05, 3.63) is 72.9 Å². The van der Waals surface area contributed by atoms with E-state index in [0.717, 1.165) is 89.9 Å². The summed E-state index contributed by atoms with van der Waals surface area (Å²) in [6, 6.07) is 0. The van der Waals surface area contributed by atoms with Gasteiger partial charge in [-0.15, -0.1) is 0 Å². The summed E-state index contributed by atoms with van der Waals surface area (Å²) in [5, 5.41) is 30.6. The predicted octanol–water partition coefficient (Wildman–Crippen LogP) is 10.3. The molecule has 1 aliphatic heterocycles. The first-order valence-electron chi connectivity index (χ1n) is 23.7. The third kappa shape index (κ3) is 33.1. The van der Waals surface area contributed by atoms with Crippen LogP contribution in [0, 0.1) is 0 Å². The fourth-order valence-corrected chi connectivity index (χ4v) is 7.30. The molecular weight excluding hydrogens is 813 g/mol. The van der Waals surface area contributed by atoms with Gasteiger partial charge in [-0.1, -0.05) is 170 Å². The number of esters is 1. The summed E-state index contributed by atoms with van der Waals surface area (Å²) in [5.74, 6) is -0.410. The molecule has 6 unspecified atom stereocenters. The van der Waals surface area contributed by atoms with Crippen molar-refractivity contribution >= 4 is 16.4 Å². The van der Waals surface area contributed by atoms with Gasteiger partial charge in [-0.3, -0.25) is 9.35 Å². The molecule has 12 nitrogen and oxygen atoms in total. The largest absolute Gasteiger partial charge is 0.457 e. The summed E-state index contributed by atoms with van der Waals surface area (Å²) >= 11 is 0.